The molecule has 1 aromatic heterocycles. The van der Waals surface area contributed by atoms with E-state index in [9.17, 15) is 14.0 Å². The highest BCUT2D eigenvalue weighted by atomic mass is 19.1. The van der Waals surface area contributed by atoms with Crippen LogP contribution in [0.1, 0.15) is 26.8 Å². The predicted octanol–water partition coefficient (Wildman–Crippen LogP) is 2.75. The number of aryl methyl sites for hydroxylation is 1. The molecule has 3 aromatic rings. The van der Waals surface area contributed by atoms with Gasteiger partial charge in [0.25, 0.3) is 5.91 Å². The lowest BCUT2D eigenvalue weighted by molar-refractivity contribution is 0.0600. The van der Waals surface area contributed by atoms with Gasteiger partial charge in [0.15, 0.2) is 0 Å². The van der Waals surface area contributed by atoms with Crippen molar-refractivity contribution in [3.05, 3.63) is 71.6 Å². The minimum Gasteiger partial charge on any atom is -0.465 e. The van der Waals surface area contributed by atoms with Crippen LogP contribution in [0.2, 0.25) is 0 Å². The molecule has 0 saturated carbocycles. The summed E-state index contributed by atoms with van der Waals surface area (Å²) in [5, 5.41) is 6.82. The van der Waals surface area contributed by atoms with Crippen LogP contribution in [0.25, 0.3) is 5.69 Å². The highest BCUT2D eigenvalue weighted by Gasteiger charge is 2.16. The van der Waals surface area contributed by atoms with Crippen molar-refractivity contribution < 1.29 is 18.7 Å². The van der Waals surface area contributed by atoms with E-state index in [0.717, 1.165) is 0 Å². The highest BCUT2D eigenvalue weighted by molar-refractivity contribution is 6.01. The van der Waals surface area contributed by atoms with Gasteiger partial charge in [-0.05, 0) is 55.5 Å². The Bertz CT molecular complexity index is 950. The Morgan fingerprint density at radius 2 is 1.73 bits per heavy atom. The van der Waals surface area contributed by atoms with Crippen molar-refractivity contribution in [2.24, 2.45) is 0 Å². The van der Waals surface area contributed by atoms with Gasteiger partial charge in [-0.25, -0.2) is 18.9 Å². The molecule has 1 amide bonds. The number of nitrogens with zero attached hydrogens (tertiary/aromatic N) is 3. The molecule has 8 heteroatoms. The molecule has 0 unspecified atom stereocenters. The number of methoxy groups -OCH3 is 1. The number of carbonyl (C=O) groups excluding carboxylic acids is 2. The standard InChI is InChI=1S/C18H15FN4O3/c1-11-20-16(22-23(11)15-9-5-13(19)6-10-15)17(24)21-14-7-3-12(4-8-14)18(25)26-2/h3-10H,1-2H3,(H,21,24). The molecule has 0 bridgehead atoms. The molecule has 1 N–H and O–H groups in total. The minimum atomic E-state index is -0.500. The summed E-state index contributed by atoms with van der Waals surface area (Å²) in [4.78, 5) is 27.9. The number of hydrogen-bond donors (Lipinski definition) is 1. The second-order valence-electron chi connectivity index (χ2n) is 5.39. The van der Waals surface area contributed by atoms with Gasteiger partial charge in [0, 0.05) is 5.69 Å². The van der Waals surface area contributed by atoms with Crippen LogP contribution in [-0.4, -0.2) is 33.8 Å². The van der Waals surface area contributed by atoms with Crippen molar-refractivity contribution in [3.63, 3.8) is 0 Å². The Kier molecular flexibility index (Phi) is 4.74. The quantitative estimate of drug-likeness (QED) is 0.728. The Morgan fingerprint density at radius 3 is 2.35 bits per heavy atom. The van der Waals surface area contributed by atoms with Gasteiger partial charge >= 0.3 is 5.97 Å². The highest BCUT2D eigenvalue weighted by Crippen LogP contribution is 2.13. The molecule has 0 aliphatic heterocycles. The molecule has 0 aliphatic rings. The molecule has 3 rings (SSSR count). The molecule has 0 aliphatic carbocycles. The first-order valence-electron chi connectivity index (χ1n) is 7.67. The minimum absolute atomic E-state index is 0.0242. The monoisotopic (exact) mass is 354 g/mol. The van der Waals surface area contributed by atoms with Crippen LogP contribution < -0.4 is 5.32 Å². The number of esters is 1. The number of carbonyl (C=O) groups is 2. The summed E-state index contributed by atoms with van der Waals surface area (Å²) in [5.74, 6) is -0.857. The molecule has 2 aromatic carbocycles. The fourth-order valence-corrected chi connectivity index (χ4v) is 2.31. The maximum Gasteiger partial charge on any atom is 0.337 e. The van der Waals surface area contributed by atoms with Gasteiger partial charge in [-0.3, -0.25) is 4.79 Å². The molecule has 132 valence electrons. The van der Waals surface area contributed by atoms with Crippen LogP contribution in [0.5, 0.6) is 0 Å². The first-order chi connectivity index (χ1) is 12.5. The van der Waals surface area contributed by atoms with E-state index < -0.39 is 11.9 Å². The van der Waals surface area contributed by atoms with Crippen LogP contribution in [-0.2, 0) is 4.74 Å². The number of hydrogen-bond acceptors (Lipinski definition) is 5. The van der Waals surface area contributed by atoms with E-state index in [-0.39, 0.29) is 11.6 Å². The third-order valence-electron chi connectivity index (χ3n) is 3.61. The fraction of sp³-hybridized carbons (Fsp3) is 0.111. The van der Waals surface area contributed by atoms with E-state index in [1.165, 1.54) is 36.1 Å². The Morgan fingerprint density at radius 1 is 1.08 bits per heavy atom. The van der Waals surface area contributed by atoms with Crippen LogP contribution in [0.3, 0.4) is 0 Å². The van der Waals surface area contributed by atoms with E-state index in [1.54, 1.807) is 31.2 Å². The second-order valence-corrected chi connectivity index (χ2v) is 5.39. The largest absolute Gasteiger partial charge is 0.465 e. The Hall–Kier alpha value is -3.55. The van der Waals surface area contributed by atoms with Crippen LogP contribution >= 0.6 is 0 Å². The molecule has 0 radical (unpaired) electrons. The van der Waals surface area contributed by atoms with E-state index >= 15 is 0 Å². The molecule has 0 fully saturated rings. The summed E-state index contributed by atoms with van der Waals surface area (Å²) >= 11 is 0. The zero-order chi connectivity index (χ0) is 18.7. The molecule has 0 atom stereocenters. The number of halogens is 1. The van der Waals surface area contributed by atoms with E-state index in [1.807, 2.05) is 0 Å². The number of rotatable bonds is 4. The number of nitrogens with one attached hydrogen (secondary N) is 1. The normalized spacial score (nSPS) is 10.4. The molecular weight excluding hydrogens is 339 g/mol. The second kappa shape index (κ2) is 7.14. The molecule has 0 spiro atoms. The van der Waals surface area contributed by atoms with Gasteiger partial charge in [0.2, 0.25) is 5.82 Å². The molecule has 7 nitrogen and oxygen atoms in total. The summed E-state index contributed by atoms with van der Waals surface area (Å²) in [6, 6.07) is 11.9. The Labute approximate surface area is 148 Å². The van der Waals surface area contributed by atoms with E-state index in [4.69, 9.17) is 0 Å². The third kappa shape index (κ3) is 3.59. The maximum absolute atomic E-state index is 13.0. The summed E-state index contributed by atoms with van der Waals surface area (Å²) in [5.41, 5.74) is 1.45. The van der Waals surface area contributed by atoms with Gasteiger partial charge in [-0.1, -0.05) is 0 Å². The zero-order valence-corrected chi connectivity index (χ0v) is 14.1. The summed E-state index contributed by atoms with van der Waals surface area (Å²) < 4.78 is 19.1. The van der Waals surface area contributed by atoms with Crippen LogP contribution in [0.4, 0.5) is 10.1 Å². The predicted molar refractivity (Wildman–Crippen MR) is 91.8 cm³/mol. The summed E-state index contributed by atoms with van der Waals surface area (Å²) in [6.07, 6.45) is 0. The molecular formula is C18H15FN4O3. The van der Waals surface area contributed by atoms with Crippen LogP contribution in [0, 0.1) is 12.7 Å². The number of ether oxygens (including phenoxy) is 1. The average molecular weight is 354 g/mol. The van der Waals surface area contributed by atoms with Gasteiger partial charge < -0.3 is 10.1 Å². The number of anilines is 1. The number of aromatic nitrogens is 3. The van der Waals surface area contributed by atoms with Gasteiger partial charge in [-0.2, -0.15) is 0 Å². The number of benzene rings is 2. The Balaban J connectivity index is 1.77. The zero-order valence-electron chi connectivity index (χ0n) is 14.1. The van der Waals surface area contributed by atoms with Crippen molar-refractivity contribution in [2.75, 3.05) is 12.4 Å². The first-order valence-corrected chi connectivity index (χ1v) is 7.67. The lowest BCUT2D eigenvalue weighted by Gasteiger charge is -2.04. The van der Waals surface area contributed by atoms with Crippen molar-refractivity contribution in [3.8, 4) is 5.69 Å². The fourth-order valence-electron chi connectivity index (χ4n) is 2.31. The van der Waals surface area contributed by atoms with E-state index in [2.05, 4.69) is 20.1 Å². The maximum atomic E-state index is 13.0. The van der Waals surface area contributed by atoms with Gasteiger partial charge in [0.05, 0.1) is 18.4 Å². The topological polar surface area (TPSA) is 86.1 Å². The molecule has 0 saturated heterocycles. The van der Waals surface area contributed by atoms with Crippen molar-refractivity contribution in [1.82, 2.24) is 14.8 Å². The van der Waals surface area contributed by atoms with Crippen molar-refractivity contribution in [1.29, 1.82) is 0 Å². The third-order valence-corrected chi connectivity index (χ3v) is 3.61. The van der Waals surface area contributed by atoms with Gasteiger partial charge in [-0.15, -0.1) is 5.10 Å². The lowest BCUT2D eigenvalue weighted by atomic mass is 10.2. The SMILES string of the molecule is COC(=O)c1ccc(NC(=O)c2nc(C)n(-c3ccc(F)cc3)n2)cc1. The van der Waals surface area contributed by atoms with E-state index in [0.29, 0.717) is 22.8 Å². The molecule has 26 heavy (non-hydrogen) atoms. The smallest absolute Gasteiger partial charge is 0.337 e. The lowest BCUT2D eigenvalue weighted by Crippen LogP contribution is -2.14. The summed E-state index contributed by atoms with van der Waals surface area (Å²) in [7, 11) is 1.30. The van der Waals surface area contributed by atoms with Gasteiger partial charge in [0.1, 0.15) is 11.6 Å². The first kappa shape index (κ1) is 17.3. The van der Waals surface area contributed by atoms with Crippen LogP contribution in [0.15, 0.2) is 48.5 Å². The average Bonchev–Trinajstić information content (AvgIpc) is 3.04. The molecule has 1 heterocycles. The van der Waals surface area contributed by atoms with Crippen molar-refractivity contribution in [2.45, 2.75) is 6.92 Å². The van der Waals surface area contributed by atoms with Crippen molar-refractivity contribution >= 4 is 17.6 Å². The summed E-state index contributed by atoms with van der Waals surface area (Å²) in [6.45, 7) is 1.69. The number of amides is 1.